The van der Waals surface area contributed by atoms with Crippen LogP contribution in [0.5, 0.6) is 0 Å². The molecule has 2 aromatic carbocycles. The summed E-state index contributed by atoms with van der Waals surface area (Å²) in [5.74, 6) is -5.90. The van der Waals surface area contributed by atoms with Gasteiger partial charge in [0.1, 0.15) is 18.7 Å². The zero-order valence-electron chi connectivity index (χ0n) is 19.5. The van der Waals surface area contributed by atoms with Gasteiger partial charge in [-0.05, 0) is 34.6 Å². The highest BCUT2D eigenvalue weighted by molar-refractivity contribution is 5.90. The van der Waals surface area contributed by atoms with Crippen molar-refractivity contribution >= 4 is 18.0 Å². The van der Waals surface area contributed by atoms with E-state index in [1.165, 1.54) is 0 Å². The van der Waals surface area contributed by atoms with Crippen LogP contribution >= 0.6 is 0 Å². The molecule has 0 aromatic heterocycles. The van der Waals surface area contributed by atoms with Gasteiger partial charge >= 0.3 is 12.1 Å². The number of carboxylic acids is 1. The van der Waals surface area contributed by atoms with Gasteiger partial charge in [-0.25, -0.2) is 18.4 Å². The Bertz CT molecular complexity index is 1090. The van der Waals surface area contributed by atoms with Crippen molar-refractivity contribution in [2.24, 2.45) is 5.92 Å². The van der Waals surface area contributed by atoms with Crippen molar-refractivity contribution < 1.29 is 33.0 Å². The number of carboxylic acid groups (broad SMARTS) is 1. The molecule has 2 N–H and O–H groups in total. The first kappa shape index (κ1) is 24.6. The number of rotatable bonds is 7. The summed E-state index contributed by atoms with van der Waals surface area (Å²) in [6.07, 6.45) is -1.66. The number of halogens is 2. The minimum atomic E-state index is -3.30. The summed E-state index contributed by atoms with van der Waals surface area (Å²) in [7, 11) is 0. The number of fused-ring (bicyclic) bond motifs is 3. The SMILES string of the molecule is CC(C)C[C@@H](NC(=O)OCC1c2ccccc2-c2ccccc21)C(=O)N1CC(F)(F)CC1C(=O)O. The molecule has 0 spiro atoms. The van der Waals surface area contributed by atoms with Gasteiger partial charge in [-0.3, -0.25) is 4.79 Å². The van der Waals surface area contributed by atoms with Crippen LogP contribution in [0.25, 0.3) is 11.1 Å². The first-order valence-corrected chi connectivity index (χ1v) is 11.6. The van der Waals surface area contributed by atoms with E-state index >= 15 is 0 Å². The normalized spacial score (nSPS) is 19.2. The van der Waals surface area contributed by atoms with Crippen molar-refractivity contribution in [3.05, 3.63) is 59.7 Å². The van der Waals surface area contributed by atoms with Crippen molar-refractivity contribution in [2.75, 3.05) is 13.2 Å². The molecule has 1 saturated heterocycles. The maximum Gasteiger partial charge on any atom is 0.407 e. The Morgan fingerprint density at radius 2 is 1.66 bits per heavy atom. The number of ether oxygens (including phenoxy) is 1. The van der Waals surface area contributed by atoms with Crippen LogP contribution < -0.4 is 5.32 Å². The zero-order chi connectivity index (χ0) is 25.3. The summed E-state index contributed by atoms with van der Waals surface area (Å²) >= 11 is 0. The quantitative estimate of drug-likeness (QED) is 0.610. The number of nitrogens with zero attached hydrogens (tertiary/aromatic N) is 1. The maximum atomic E-state index is 13.9. The van der Waals surface area contributed by atoms with E-state index in [0.29, 0.717) is 4.90 Å². The topological polar surface area (TPSA) is 95.9 Å². The Labute approximate surface area is 202 Å². The van der Waals surface area contributed by atoms with E-state index in [1.54, 1.807) is 0 Å². The second kappa shape index (κ2) is 9.64. The van der Waals surface area contributed by atoms with Gasteiger partial charge < -0.3 is 20.1 Å². The number of carbonyl (C=O) groups excluding carboxylic acids is 2. The predicted molar refractivity (Wildman–Crippen MR) is 124 cm³/mol. The number of nitrogens with one attached hydrogen (secondary N) is 1. The van der Waals surface area contributed by atoms with Crippen LogP contribution in [0.15, 0.2) is 48.5 Å². The second-order valence-electron chi connectivity index (χ2n) is 9.53. The molecule has 35 heavy (non-hydrogen) atoms. The van der Waals surface area contributed by atoms with Gasteiger partial charge in [-0.1, -0.05) is 62.4 Å². The van der Waals surface area contributed by atoms with Crippen molar-refractivity contribution in [1.82, 2.24) is 10.2 Å². The summed E-state index contributed by atoms with van der Waals surface area (Å²) in [5, 5.41) is 11.8. The van der Waals surface area contributed by atoms with Gasteiger partial charge in [0.2, 0.25) is 5.91 Å². The monoisotopic (exact) mass is 486 g/mol. The molecule has 2 atom stereocenters. The fraction of sp³-hybridized carbons (Fsp3) is 0.423. The number of hydrogen-bond donors (Lipinski definition) is 2. The Morgan fingerprint density at radius 3 is 2.20 bits per heavy atom. The summed E-state index contributed by atoms with van der Waals surface area (Å²) < 4.78 is 33.3. The Balaban J connectivity index is 1.46. The smallest absolute Gasteiger partial charge is 0.407 e. The molecule has 4 rings (SSSR count). The lowest BCUT2D eigenvalue weighted by atomic mass is 9.98. The van der Waals surface area contributed by atoms with E-state index in [2.05, 4.69) is 5.32 Å². The van der Waals surface area contributed by atoms with E-state index in [1.807, 2.05) is 62.4 Å². The molecular weight excluding hydrogens is 458 g/mol. The minimum Gasteiger partial charge on any atom is -0.480 e. The summed E-state index contributed by atoms with van der Waals surface area (Å²) in [6.45, 7) is 2.66. The lowest BCUT2D eigenvalue weighted by Crippen LogP contribution is -2.52. The molecule has 2 amide bonds. The number of likely N-dealkylation sites (tertiary alicyclic amines) is 1. The Morgan fingerprint density at radius 1 is 1.09 bits per heavy atom. The molecule has 0 saturated carbocycles. The third-order valence-electron chi connectivity index (χ3n) is 6.48. The highest BCUT2D eigenvalue weighted by Gasteiger charge is 2.51. The number of amides is 2. The first-order chi connectivity index (χ1) is 16.6. The molecule has 0 bridgehead atoms. The Kier molecular flexibility index (Phi) is 6.78. The fourth-order valence-electron chi connectivity index (χ4n) is 4.94. The predicted octanol–water partition coefficient (Wildman–Crippen LogP) is 4.26. The molecular formula is C26H28F2N2O5. The molecule has 1 aliphatic heterocycles. The number of hydrogen-bond acceptors (Lipinski definition) is 4. The number of benzene rings is 2. The van der Waals surface area contributed by atoms with Gasteiger partial charge in [0.05, 0.1) is 6.54 Å². The minimum absolute atomic E-state index is 0.0297. The lowest BCUT2D eigenvalue weighted by Gasteiger charge is -2.27. The molecule has 1 aliphatic carbocycles. The molecule has 186 valence electrons. The van der Waals surface area contributed by atoms with Crippen molar-refractivity contribution in [1.29, 1.82) is 0 Å². The molecule has 9 heteroatoms. The lowest BCUT2D eigenvalue weighted by molar-refractivity contribution is -0.149. The summed E-state index contributed by atoms with van der Waals surface area (Å²) in [5.41, 5.74) is 4.19. The summed E-state index contributed by atoms with van der Waals surface area (Å²) in [4.78, 5) is 37.9. The molecule has 2 aliphatic rings. The van der Waals surface area contributed by atoms with Crippen LogP contribution in [-0.2, 0) is 14.3 Å². The van der Waals surface area contributed by atoms with E-state index in [0.717, 1.165) is 22.3 Å². The molecule has 1 fully saturated rings. The van der Waals surface area contributed by atoms with Crippen LogP contribution in [0.3, 0.4) is 0 Å². The third kappa shape index (κ3) is 5.13. The van der Waals surface area contributed by atoms with Crippen LogP contribution in [0, 0.1) is 5.92 Å². The second-order valence-corrected chi connectivity index (χ2v) is 9.53. The molecule has 0 radical (unpaired) electrons. The number of carbonyl (C=O) groups is 3. The van der Waals surface area contributed by atoms with Gasteiger partial charge in [0, 0.05) is 12.3 Å². The number of alkyl halides is 2. The largest absolute Gasteiger partial charge is 0.480 e. The van der Waals surface area contributed by atoms with Gasteiger partial charge in [0.15, 0.2) is 0 Å². The summed E-state index contributed by atoms with van der Waals surface area (Å²) in [6, 6.07) is 12.9. The third-order valence-corrected chi connectivity index (χ3v) is 6.48. The van der Waals surface area contributed by atoms with E-state index in [-0.39, 0.29) is 24.9 Å². The van der Waals surface area contributed by atoms with Crippen LogP contribution in [-0.4, -0.2) is 59.1 Å². The zero-order valence-corrected chi connectivity index (χ0v) is 19.5. The Hall–Kier alpha value is -3.49. The van der Waals surface area contributed by atoms with Gasteiger partial charge in [-0.15, -0.1) is 0 Å². The van der Waals surface area contributed by atoms with E-state index < -0.39 is 48.9 Å². The fourth-order valence-corrected chi connectivity index (χ4v) is 4.94. The van der Waals surface area contributed by atoms with Crippen molar-refractivity contribution in [3.63, 3.8) is 0 Å². The highest BCUT2D eigenvalue weighted by atomic mass is 19.3. The molecule has 7 nitrogen and oxygen atoms in total. The average Bonchev–Trinajstić information content (AvgIpc) is 3.31. The standard InChI is InChI=1S/C26H28F2N2O5/c1-15(2)11-21(23(31)30-14-26(27,28)12-22(30)24(32)33)29-25(34)35-13-20-18-9-5-3-7-16(18)17-8-4-6-10-19(17)20/h3-10,15,20-22H,11-14H2,1-2H3,(H,29,34)(H,32,33)/t21-,22?/m1/s1. The van der Waals surface area contributed by atoms with Crippen LogP contribution in [0.1, 0.15) is 43.7 Å². The van der Waals surface area contributed by atoms with Crippen molar-refractivity contribution in [3.8, 4) is 11.1 Å². The van der Waals surface area contributed by atoms with E-state index in [4.69, 9.17) is 4.74 Å². The highest BCUT2D eigenvalue weighted by Crippen LogP contribution is 2.44. The average molecular weight is 487 g/mol. The maximum absolute atomic E-state index is 13.9. The van der Waals surface area contributed by atoms with Crippen LogP contribution in [0.4, 0.5) is 13.6 Å². The molecule has 1 unspecified atom stereocenters. The van der Waals surface area contributed by atoms with Crippen molar-refractivity contribution in [2.45, 2.75) is 50.6 Å². The van der Waals surface area contributed by atoms with Gasteiger partial charge in [0.25, 0.3) is 5.92 Å². The van der Waals surface area contributed by atoms with E-state index in [9.17, 15) is 28.3 Å². The molecule has 2 aromatic rings. The first-order valence-electron chi connectivity index (χ1n) is 11.6. The number of aliphatic carboxylic acids is 1. The van der Waals surface area contributed by atoms with Gasteiger partial charge in [-0.2, -0.15) is 0 Å². The number of alkyl carbamates (subject to hydrolysis) is 1. The molecule has 1 heterocycles. The van der Waals surface area contributed by atoms with Crippen LogP contribution in [0.2, 0.25) is 0 Å².